The van der Waals surface area contributed by atoms with Crippen LogP contribution in [-0.4, -0.2) is 43.2 Å². The Hall–Kier alpha value is 0.0569. The molecule has 14 heavy (non-hydrogen) atoms. The Morgan fingerprint density at radius 2 is 1.86 bits per heavy atom. The summed E-state index contributed by atoms with van der Waals surface area (Å²) in [4.78, 5) is 0. The van der Waals surface area contributed by atoms with Crippen LogP contribution in [0, 0.1) is 0 Å². The third kappa shape index (κ3) is 5.07. The van der Waals surface area contributed by atoms with Crippen LogP contribution in [0.1, 0.15) is 19.8 Å². The van der Waals surface area contributed by atoms with Crippen LogP contribution in [0.5, 0.6) is 0 Å². The second-order valence-electron chi connectivity index (χ2n) is 3.15. The van der Waals surface area contributed by atoms with Gasteiger partial charge in [0.05, 0.1) is 0 Å². The monoisotopic (exact) mass is 221 g/mol. The molecule has 0 heterocycles. The molecule has 0 saturated heterocycles. The van der Waals surface area contributed by atoms with Gasteiger partial charge in [-0.25, -0.2) is 0 Å². The van der Waals surface area contributed by atoms with E-state index in [1.54, 1.807) is 14.2 Å². The van der Waals surface area contributed by atoms with E-state index in [9.17, 15) is 0 Å². The second-order valence-corrected chi connectivity index (χ2v) is 6.12. The van der Waals surface area contributed by atoms with Crippen LogP contribution in [0.25, 0.3) is 0 Å². The van der Waals surface area contributed by atoms with Crippen molar-refractivity contribution in [3.63, 3.8) is 0 Å². The van der Waals surface area contributed by atoms with Crippen molar-refractivity contribution in [2.24, 2.45) is 0 Å². The molecule has 5 heteroatoms. The van der Waals surface area contributed by atoms with Gasteiger partial charge < -0.3 is 18.6 Å². The molecule has 0 radical (unpaired) electrons. The van der Waals surface area contributed by atoms with Crippen molar-refractivity contribution >= 4 is 8.80 Å². The Bertz CT molecular complexity index is 131. The maximum atomic E-state index is 5.69. The molecule has 0 aromatic rings. The lowest BCUT2D eigenvalue weighted by Gasteiger charge is -2.26. The van der Waals surface area contributed by atoms with E-state index in [4.69, 9.17) is 13.3 Å². The molecule has 0 atom stereocenters. The number of hydrogen-bond acceptors (Lipinski definition) is 4. The Kier molecular flexibility index (Phi) is 8.41. The summed E-state index contributed by atoms with van der Waals surface area (Å²) < 4.78 is 16.5. The summed E-state index contributed by atoms with van der Waals surface area (Å²) in [6.45, 7) is 3.77. The summed E-state index contributed by atoms with van der Waals surface area (Å²) in [5, 5.41) is 3.10. The first-order valence-corrected chi connectivity index (χ1v) is 7.06. The van der Waals surface area contributed by atoms with Crippen molar-refractivity contribution in [2.75, 3.05) is 34.4 Å². The van der Waals surface area contributed by atoms with Gasteiger partial charge in [0.1, 0.15) is 0 Å². The molecular weight excluding hydrogens is 198 g/mol. The van der Waals surface area contributed by atoms with E-state index >= 15 is 0 Å². The largest absolute Gasteiger partial charge is 0.500 e. The summed E-state index contributed by atoms with van der Waals surface area (Å²) in [5.41, 5.74) is 0. The lowest BCUT2D eigenvalue weighted by atomic mass is 10.5. The third-order valence-electron chi connectivity index (χ3n) is 2.06. The summed E-state index contributed by atoms with van der Waals surface area (Å²) in [6, 6.07) is 0.876. The van der Waals surface area contributed by atoms with Crippen LogP contribution >= 0.6 is 0 Å². The Morgan fingerprint density at radius 1 is 1.21 bits per heavy atom. The minimum Gasteiger partial charge on any atom is -0.377 e. The van der Waals surface area contributed by atoms with Crippen molar-refractivity contribution in [1.29, 1.82) is 0 Å². The van der Waals surface area contributed by atoms with E-state index in [0.29, 0.717) is 6.61 Å². The molecular formula is C9H23NO3Si. The first kappa shape index (κ1) is 14.1. The van der Waals surface area contributed by atoms with Crippen molar-refractivity contribution in [2.45, 2.75) is 25.8 Å². The van der Waals surface area contributed by atoms with Gasteiger partial charge in [-0.2, -0.15) is 0 Å². The summed E-state index contributed by atoms with van der Waals surface area (Å²) in [7, 11) is 2.94. The van der Waals surface area contributed by atoms with Gasteiger partial charge in [-0.15, -0.1) is 0 Å². The second kappa shape index (κ2) is 8.37. The quantitative estimate of drug-likeness (QED) is 0.470. The van der Waals surface area contributed by atoms with E-state index in [-0.39, 0.29) is 0 Å². The minimum atomic E-state index is -2.34. The summed E-state index contributed by atoms with van der Waals surface area (Å²) in [5.74, 6) is 0. The van der Waals surface area contributed by atoms with Crippen LogP contribution in [0.3, 0.4) is 0 Å². The van der Waals surface area contributed by atoms with Crippen molar-refractivity contribution < 1.29 is 13.3 Å². The van der Waals surface area contributed by atoms with Crippen LogP contribution in [-0.2, 0) is 13.3 Å². The molecule has 0 bridgehead atoms. The highest BCUT2D eigenvalue weighted by Gasteiger charge is 2.37. The maximum Gasteiger partial charge on any atom is 0.500 e. The van der Waals surface area contributed by atoms with Crippen molar-refractivity contribution in [3.05, 3.63) is 0 Å². The van der Waals surface area contributed by atoms with E-state index in [2.05, 4.69) is 12.2 Å². The maximum absolute atomic E-state index is 5.69. The molecule has 0 fully saturated rings. The Labute approximate surface area is 88.3 Å². The number of hydrogen-bond donors (Lipinski definition) is 1. The normalized spacial score (nSPS) is 12.0. The molecule has 0 spiro atoms. The number of nitrogens with one attached hydrogen (secondary N) is 1. The topological polar surface area (TPSA) is 39.7 Å². The van der Waals surface area contributed by atoms with Crippen LogP contribution in [0.2, 0.25) is 6.04 Å². The molecule has 0 aliphatic heterocycles. The zero-order valence-corrected chi connectivity index (χ0v) is 10.8. The lowest BCUT2D eigenvalue weighted by molar-refractivity contribution is 0.0978. The summed E-state index contributed by atoms with van der Waals surface area (Å²) in [6.07, 6.45) is 2.02. The average molecular weight is 221 g/mol. The Balaban J connectivity index is 3.94. The number of rotatable bonds is 9. The van der Waals surface area contributed by atoms with Crippen LogP contribution in [0.15, 0.2) is 0 Å². The average Bonchev–Trinajstić information content (AvgIpc) is 2.24. The van der Waals surface area contributed by atoms with Crippen LogP contribution in [0.4, 0.5) is 0 Å². The van der Waals surface area contributed by atoms with E-state index in [1.807, 2.05) is 7.05 Å². The smallest absolute Gasteiger partial charge is 0.377 e. The molecule has 86 valence electrons. The SMILES string of the molecule is CCCO[Si](CCCNC)(OC)OC. The van der Waals surface area contributed by atoms with Gasteiger partial charge >= 0.3 is 8.80 Å². The van der Waals surface area contributed by atoms with Gasteiger partial charge in [0.25, 0.3) is 0 Å². The first-order chi connectivity index (χ1) is 6.74. The molecule has 0 aliphatic rings. The van der Waals surface area contributed by atoms with Crippen LogP contribution < -0.4 is 5.32 Å². The van der Waals surface area contributed by atoms with Crippen molar-refractivity contribution in [3.8, 4) is 0 Å². The fraction of sp³-hybridized carbons (Fsp3) is 1.00. The summed E-state index contributed by atoms with van der Waals surface area (Å²) >= 11 is 0. The standard InChI is InChI=1S/C9H23NO3Si/c1-5-8-13-14(11-3,12-4)9-6-7-10-2/h10H,5-9H2,1-4H3. The molecule has 1 N–H and O–H groups in total. The lowest BCUT2D eigenvalue weighted by Crippen LogP contribution is -2.44. The van der Waals surface area contributed by atoms with Crippen molar-refractivity contribution in [1.82, 2.24) is 5.32 Å². The zero-order chi connectivity index (χ0) is 10.9. The molecule has 0 unspecified atom stereocenters. The van der Waals surface area contributed by atoms with E-state index in [1.165, 1.54) is 0 Å². The van der Waals surface area contributed by atoms with Gasteiger partial charge in [-0.1, -0.05) is 6.92 Å². The highest BCUT2D eigenvalue weighted by molar-refractivity contribution is 6.60. The molecule has 0 rings (SSSR count). The van der Waals surface area contributed by atoms with Gasteiger partial charge in [0.2, 0.25) is 0 Å². The van der Waals surface area contributed by atoms with Gasteiger partial charge in [0.15, 0.2) is 0 Å². The predicted octanol–water partition coefficient (Wildman–Crippen LogP) is 1.25. The first-order valence-electron chi connectivity index (χ1n) is 5.13. The zero-order valence-electron chi connectivity index (χ0n) is 9.76. The molecule has 0 aromatic heterocycles. The third-order valence-corrected chi connectivity index (χ3v) is 4.91. The molecule has 0 amide bonds. The Morgan fingerprint density at radius 3 is 2.29 bits per heavy atom. The molecule has 4 nitrogen and oxygen atoms in total. The van der Waals surface area contributed by atoms with Gasteiger partial charge in [-0.3, -0.25) is 0 Å². The minimum absolute atomic E-state index is 0.716. The highest BCUT2D eigenvalue weighted by atomic mass is 28.4. The van der Waals surface area contributed by atoms with E-state index in [0.717, 1.165) is 25.4 Å². The highest BCUT2D eigenvalue weighted by Crippen LogP contribution is 2.15. The van der Waals surface area contributed by atoms with E-state index < -0.39 is 8.80 Å². The fourth-order valence-electron chi connectivity index (χ4n) is 1.22. The predicted molar refractivity (Wildman–Crippen MR) is 59.4 cm³/mol. The molecule has 0 saturated carbocycles. The molecule has 0 aliphatic carbocycles. The fourth-order valence-corrected chi connectivity index (χ4v) is 3.30. The van der Waals surface area contributed by atoms with Gasteiger partial charge in [-0.05, 0) is 26.4 Å². The molecule has 0 aromatic carbocycles. The van der Waals surface area contributed by atoms with Gasteiger partial charge in [0, 0.05) is 26.9 Å².